The Morgan fingerprint density at radius 3 is 2.72 bits per heavy atom. The maximum Gasteiger partial charge on any atom is 0.272 e. The van der Waals surface area contributed by atoms with Crippen LogP contribution in [0.25, 0.3) is 32.4 Å². The summed E-state index contributed by atoms with van der Waals surface area (Å²) < 4.78 is 0. The van der Waals surface area contributed by atoms with Crippen LogP contribution in [0.5, 0.6) is 0 Å². The van der Waals surface area contributed by atoms with E-state index in [0.29, 0.717) is 5.56 Å². The Labute approximate surface area is 170 Å². The number of rotatable bonds is 4. The van der Waals surface area contributed by atoms with E-state index >= 15 is 0 Å². The second kappa shape index (κ2) is 7.33. The summed E-state index contributed by atoms with van der Waals surface area (Å²) in [7, 11) is 0. The van der Waals surface area contributed by atoms with Crippen LogP contribution in [0.3, 0.4) is 0 Å². The summed E-state index contributed by atoms with van der Waals surface area (Å²) >= 11 is 1.59. The minimum atomic E-state index is -0.266. The maximum atomic E-state index is 12.9. The first kappa shape index (κ1) is 17.3. The Balaban J connectivity index is 1.47. The van der Waals surface area contributed by atoms with Crippen molar-refractivity contribution in [3.8, 4) is 10.6 Å². The number of hydrogen-bond donors (Lipinski definition) is 2. The Kier molecular flexibility index (Phi) is 4.38. The van der Waals surface area contributed by atoms with E-state index in [1.165, 1.54) is 0 Å². The highest BCUT2D eigenvalue weighted by molar-refractivity contribution is 7.13. The highest BCUT2D eigenvalue weighted by Crippen LogP contribution is 2.27. The smallest absolute Gasteiger partial charge is 0.272 e. The fraction of sp³-hybridized carbons (Fsp3) is 0. The number of H-pyrrole nitrogens is 1. The monoisotopic (exact) mass is 396 g/mol. The van der Waals surface area contributed by atoms with Crippen molar-refractivity contribution in [3.05, 3.63) is 89.4 Å². The van der Waals surface area contributed by atoms with Crippen molar-refractivity contribution < 1.29 is 4.79 Å². The predicted octanol–water partition coefficient (Wildman–Crippen LogP) is 5.21. The molecule has 6 heteroatoms. The number of nitrogens with one attached hydrogen (secondary N) is 2. The first-order chi connectivity index (χ1) is 14.3. The average molecular weight is 396 g/mol. The molecule has 5 rings (SSSR count). The molecule has 3 heterocycles. The highest BCUT2D eigenvalue weighted by Gasteiger charge is 2.14. The molecule has 0 aliphatic heterocycles. The van der Waals surface area contributed by atoms with Crippen molar-refractivity contribution >= 4 is 45.3 Å². The van der Waals surface area contributed by atoms with Gasteiger partial charge in [-0.2, -0.15) is 5.10 Å². The lowest BCUT2D eigenvalue weighted by atomic mass is 10.1. The number of carbonyl (C=O) groups excluding carboxylic acids is 1. The number of carbonyl (C=O) groups is 1. The van der Waals surface area contributed by atoms with E-state index in [4.69, 9.17) is 4.98 Å². The van der Waals surface area contributed by atoms with Crippen molar-refractivity contribution in [2.45, 2.75) is 0 Å². The molecule has 0 spiro atoms. The third-order valence-electron chi connectivity index (χ3n) is 4.73. The van der Waals surface area contributed by atoms with Crippen molar-refractivity contribution in [3.63, 3.8) is 0 Å². The molecule has 0 radical (unpaired) electrons. The number of hydrazone groups is 1. The topological polar surface area (TPSA) is 70.1 Å². The first-order valence-electron chi connectivity index (χ1n) is 9.13. The Morgan fingerprint density at radius 1 is 1.03 bits per heavy atom. The molecule has 5 aromatic rings. The van der Waals surface area contributed by atoms with Gasteiger partial charge in [-0.05, 0) is 29.6 Å². The van der Waals surface area contributed by atoms with Crippen LogP contribution < -0.4 is 5.43 Å². The van der Waals surface area contributed by atoms with E-state index in [1.807, 2.05) is 78.3 Å². The number of hydrogen-bond acceptors (Lipinski definition) is 4. The van der Waals surface area contributed by atoms with Crippen LogP contribution in [0.1, 0.15) is 15.9 Å². The zero-order chi connectivity index (χ0) is 19.6. The van der Waals surface area contributed by atoms with Gasteiger partial charge in [-0.3, -0.25) is 4.79 Å². The van der Waals surface area contributed by atoms with E-state index in [1.54, 1.807) is 17.6 Å². The third-order valence-corrected chi connectivity index (χ3v) is 5.62. The molecule has 5 nitrogen and oxygen atoms in total. The molecule has 0 bridgehead atoms. The minimum absolute atomic E-state index is 0.266. The molecular weight excluding hydrogens is 380 g/mol. The number of amides is 1. The van der Waals surface area contributed by atoms with Gasteiger partial charge in [0.2, 0.25) is 0 Å². The molecule has 2 N–H and O–H groups in total. The lowest BCUT2D eigenvalue weighted by molar-refractivity contribution is 0.0956. The summed E-state index contributed by atoms with van der Waals surface area (Å²) in [5.41, 5.74) is 6.72. The highest BCUT2D eigenvalue weighted by atomic mass is 32.1. The number of aromatic amines is 1. The summed E-state index contributed by atoms with van der Waals surface area (Å²) in [5, 5.41) is 8.03. The third kappa shape index (κ3) is 3.30. The van der Waals surface area contributed by atoms with Gasteiger partial charge in [0.25, 0.3) is 5.91 Å². The van der Waals surface area contributed by atoms with Crippen LogP contribution in [-0.4, -0.2) is 22.1 Å². The number of nitrogens with zero attached hydrogens (tertiary/aromatic N) is 2. The molecule has 140 valence electrons. The van der Waals surface area contributed by atoms with E-state index in [-0.39, 0.29) is 5.91 Å². The minimum Gasteiger partial charge on any atom is -0.361 e. The summed E-state index contributed by atoms with van der Waals surface area (Å²) in [4.78, 5) is 21.8. The van der Waals surface area contributed by atoms with Crippen LogP contribution in [0.15, 0.2) is 83.4 Å². The molecule has 0 aliphatic carbocycles. The number of thiophene rings is 1. The zero-order valence-corrected chi connectivity index (χ0v) is 16.1. The van der Waals surface area contributed by atoms with Gasteiger partial charge in [0.1, 0.15) is 0 Å². The molecule has 0 saturated carbocycles. The number of pyridine rings is 1. The van der Waals surface area contributed by atoms with Crippen LogP contribution >= 0.6 is 11.3 Å². The first-order valence-corrected chi connectivity index (χ1v) is 10.0. The van der Waals surface area contributed by atoms with Gasteiger partial charge in [-0.25, -0.2) is 10.4 Å². The number of aromatic nitrogens is 2. The molecule has 0 unspecified atom stereocenters. The Morgan fingerprint density at radius 2 is 1.86 bits per heavy atom. The predicted molar refractivity (Wildman–Crippen MR) is 118 cm³/mol. The summed E-state index contributed by atoms with van der Waals surface area (Å²) in [6, 6.07) is 21.4. The lowest BCUT2D eigenvalue weighted by Gasteiger charge is -2.07. The fourth-order valence-corrected chi connectivity index (χ4v) is 4.02. The average Bonchev–Trinajstić information content (AvgIpc) is 3.43. The molecule has 0 saturated heterocycles. The number of para-hydroxylation sites is 2. The van der Waals surface area contributed by atoms with E-state index < -0.39 is 0 Å². The summed E-state index contributed by atoms with van der Waals surface area (Å²) in [5.74, 6) is -0.266. The zero-order valence-electron chi connectivity index (χ0n) is 15.3. The normalized spacial score (nSPS) is 11.4. The fourth-order valence-electron chi connectivity index (χ4n) is 3.34. The van der Waals surface area contributed by atoms with Gasteiger partial charge >= 0.3 is 0 Å². The van der Waals surface area contributed by atoms with Gasteiger partial charge in [0, 0.05) is 28.0 Å². The molecule has 3 aromatic heterocycles. The molecule has 2 aromatic carbocycles. The van der Waals surface area contributed by atoms with Crippen molar-refractivity contribution in [1.29, 1.82) is 0 Å². The molecule has 0 fully saturated rings. The molecular formula is C23H16N4OS. The Bertz CT molecular complexity index is 1350. The maximum absolute atomic E-state index is 12.9. The van der Waals surface area contributed by atoms with E-state index in [0.717, 1.165) is 37.9 Å². The van der Waals surface area contributed by atoms with E-state index in [2.05, 4.69) is 15.5 Å². The summed E-state index contributed by atoms with van der Waals surface area (Å²) in [6.07, 6.45) is 3.53. The molecule has 0 atom stereocenters. The molecule has 0 aliphatic rings. The van der Waals surface area contributed by atoms with E-state index in [9.17, 15) is 4.79 Å². The van der Waals surface area contributed by atoms with Gasteiger partial charge in [0.05, 0.1) is 27.9 Å². The molecule has 29 heavy (non-hydrogen) atoms. The van der Waals surface area contributed by atoms with Gasteiger partial charge in [0.15, 0.2) is 0 Å². The van der Waals surface area contributed by atoms with Crippen molar-refractivity contribution in [2.75, 3.05) is 0 Å². The van der Waals surface area contributed by atoms with Crippen LogP contribution in [0.2, 0.25) is 0 Å². The number of benzene rings is 2. The van der Waals surface area contributed by atoms with Gasteiger partial charge in [-0.15, -0.1) is 11.3 Å². The largest absolute Gasteiger partial charge is 0.361 e. The van der Waals surface area contributed by atoms with Crippen LogP contribution in [-0.2, 0) is 0 Å². The second-order valence-electron chi connectivity index (χ2n) is 6.54. The molecule has 1 amide bonds. The van der Waals surface area contributed by atoms with Crippen LogP contribution in [0, 0.1) is 0 Å². The SMILES string of the molecule is O=C(N/N=C/c1c[nH]c2ccccc12)c1cc(-c2cccs2)nc2ccccc12. The van der Waals surface area contributed by atoms with Gasteiger partial charge < -0.3 is 4.98 Å². The van der Waals surface area contributed by atoms with Gasteiger partial charge in [-0.1, -0.05) is 42.5 Å². The van der Waals surface area contributed by atoms with Crippen LogP contribution in [0.4, 0.5) is 0 Å². The second-order valence-corrected chi connectivity index (χ2v) is 7.49. The lowest BCUT2D eigenvalue weighted by Crippen LogP contribution is -2.18. The van der Waals surface area contributed by atoms with Crippen molar-refractivity contribution in [1.82, 2.24) is 15.4 Å². The summed E-state index contributed by atoms with van der Waals surface area (Å²) in [6.45, 7) is 0. The standard InChI is InChI=1S/C23H16N4OS/c28-23(27-25-14-15-13-24-19-8-3-1-6-16(15)19)18-12-21(22-10-5-11-29-22)26-20-9-4-2-7-17(18)20/h1-14,24H,(H,27,28)/b25-14+. The Hall–Kier alpha value is -3.77. The number of fused-ring (bicyclic) bond motifs is 2. The van der Waals surface area contributed by atoms with Crippen molar-refractivity contribution in [2.24, 2.45) is 5.10 Å². The quantitative estimate of drug-likeness (QED) is 0.323.